The molecule has 0 aliphatic carbocycles. The number of rotatable bonds is 6. The highest BCUT2D eigenvalue weighted by Gasteiger charge is 2.23. The van der Waals surface area contributed by atoms with Crippen molar-refractivity contribution in [2.24, 2.45) is 0 Å². The van der Waals surface area contributed by atoms with E-state index in [9.17, 15) is 9.50 Å². The number of fused-ring (bicyclic) bond motifs is 1. The molecule has 24 heavy (non-hydrogen) atoms. The van der Waals surface area contributed by atoms with E-state index in [0.717, 1.165) is 37.0 Å². The summed E-state index contributed by atoms with van der Waals surface area (Å²) in [5.74, 6) is 0.526. The first-order chi connectivity index (χ1) is 11.8. The zero-order valence-corrected chi connectivity index (χ0v) is 13.7. The molecule has 2 N–H and O–H groups in total. The summed E-state index contributed by atoms with van der Waals surface area (Å²) in [7, 11) is 0. The normalized spacial score (nSPS) is 18.3. The second-order valence-corrected chi connectivity index (χ2v) is 6.22. The maximum Gasteiger partial charge on any atom is 0.124 e. The lowest BCUT2D eigenvalue weighted by Gasteiger charge is -2.26. The van der Waals surface area contributed by atoms with Crippen LogP contribution in [0.1, 0.15) is 48.9 Å². The average Bonchev–Trinajstić information content (AvgIpc) is 2.81. The zero-order chi connectivity index (χ0) is 16.8. The van der Waals surface area contributed by atoms with E-state index in [1.165, 1.54) is 11.6 Å². The summed E-state index contributed by atoms with van der Waals surface area (Å²) in [5, 5.41) is 12.9. The van der Waals surface area contributed by atoms with Crippen LogP contribution in [0.4, 0.5) is 4.39 Å². The third-order valence-electron chi connectivity index (χ3n) is 4.50. The Bertz CT molecular complexity index is 647. The van der Waals surface area contributed by atoms with Gasteiger partial charge in [0.05, 0.1) is 6.61 Å². The van der Waals surface area contributed by atoms with Crippen LogP contribution in [0.2, 0.25) is 0 Å². The standard InChI is InChI=1S/C20H24FNO2/c21-16-10-11-20-17(14-16)19(9-5-13-24-20)22-18(8-4-12-23)15-6-2-1-3-7-15/h1-3,6-7,10-11,14,18-19,22-23H,4-5,8-9,12-13H2. The number of hydrogen-bond acceptors (Lipinski definition) is 3. The Labute approximate surface area is 142 Å². The smallest absolute Gasteiger partial charge is 0.124 e. The van der Waals surface area contributed by atoms with Crippen LogP contribution < -0.4 is 10.1 Å². The van der Waals surface area contributed by atoms with Crippen LogP contribution >= 0.6 is 0 Å². The van der Waals surface area contributed by atoms with E-state index in [-0.39, 0.29) is 24.5 Å². The third-order valence-corrected chi connectivity index (χ3v) is 4.50. The summed E-state index contributed by atoms with van der Waals surface area (Å²) in [6.07, 6.45) is 3.39. The van der Waals surface area contributed by atoms with E-state index >= 15 is 0 Å². The van der Waals surface area contributed by atoms with Crippen LogP contribution in [0.15, 0.2) is 48.5 Å². The number of aliphatic hydroxyl groups excluding tert-OH is 1. The van der Waals surface area contributed by atoms with Gasteiger partial charge in [0, 0.05) is 24.3 Å². The molecule has 0 bridgehead atoms. The van der Waals surface area contributed by atoms with Crippen molar-refractivity contribution >= 4 is 0 Å². The molecule has 0 saturated carbocycles. The predicted octanol–water partition coefficient (Wildman–Crippen LogP) is 4.14. The Morgan fingerprint density at radius 1 is 1.21 bits per heavy atom. The number of ether oxygens (including phenoxy) is 1. The van der Waals surface area contributed by atoms with Gasteiger partial charge >= 0.3 is 0 Å². The van der Waals surface area contributed by atoms with Crippen LogP contribution in [-0.4, -0.2) is 18.3 Å². The van der Waals surface area contributed by atoms with Gasteiger partial charge in [-0.25, -0.2) is 4.39 Å². The van der Waals surface area contributed by atoms with Crippen molar-refractivity contribution in [1.82, 2.24) is 5.32 Å². The molecule has 0 amide bonds. The first-order valence-corrected chi connectivity index (χ1v) is 8.62. The Hall–Kier alpha value is -1.91. The Balaban J connectivity index is 1.85. The van der Waals surface area contributed by atoms with Gasteiger partial charge in [-0.15, -0.1) is 0 Å². The van der Waals surface area contributed by atoms with Crippen LogP contribution in [0.25, 0.3) is 0 Å². The number of nitrogens with one attached hydrogen (secondary N) is 1. The van der Waals surface area contributed by atoms with Crippen molar-refractivity contribution in [3.05, 3.63) is 65.5 Å². The highest BCUT2D eigenvalue weighted by Crippen LogP contribution is 2.34. The second-order valence-electron chi connectivity index (χ2n) is 6.22. The molecule has 0 fully saturated rings. The van der Waals surface area contributed by atoms with Crippen LogP contribution in [0, 0.1) is 5.82 Å². The van der Waals surface area contributed by atoms with Gasteiger partial charge < -0.3 is 15.2 Å². The minimum Gasteiger partial charge on any atom is -0.493 e. The zero-order valence-electron chi connectivity index (χ0n) is 13.7. The largest absolute Gasteiger partial charge is 0.493 e. The Kier molecular flexibility index (Phi) is 5.83. The van der Waals surface area contributed by atoms with E-state index in [1.54, 1.807) is 12.1 Å². The highest BCUT2D eigenvalue weighted by atomic mass is 19.1. The first kappa shape index (κ1) is 16.9. The topological polar surface area (TPSA) is 41.5 Å². The molecule has 0 radical (unpaired) electrons. The van der Waals surface area contributed by atoms with Gasteiger partial charge in [0.1, 0.15) is 11.6 Å². The van der Waals surface area contributed by atoms with Gasteiger partial charge in [0.15, 0.2) is 0 Å². The lowest BCUT2D eigenvalue weighted by Crippen LogP contribution is -2.27. The SMILES string of the molecule is OCCCC(NC1CCCOc2ccc(F)cc21)c1ccccc1. The molecule has 1 aliphatic rings. The van der Waals surface area contributed by atoms with Crippen LogP contribution in [-0.2, 0) is 0 Å². The first-order valence-electron chi connectivity index (χ1n) is 8.62. The summed E-state index contributed by atoms with van der Waals surface area (Å²) >= 11 is 0. The van der Waals surface area contributed by atoms with Gasteiger partial charge in [-0.1, -0.05) is 30.3 Å². The van der Waals surface area contributed by atoms with Gasteiger partial charge in [-0.2, -0.15) is 0 Å². The lowest BCUT2D eigenvalue weighted by atomic mass is 9.96. The van der Waals surface area contributed by atoms with E-state index < -0.39 is 0 Å². The minimum atomic E-state index is -0.238. The molecule has 0 spiro atoms. The quantitative estimate of drug-likeness (QED) is 0.837. The van der Waals surface area contributed by atoms with Gasteiger partial charge in [0.25, 0.3) is 0 Å². The van der Waals surface area contributed by atoms with Crippen molar-refractivity contribution in [2.75, 3.05) is 13.2 Å². The third kappa shape index (κ3) is 4.13. The maximum atomic E-state index is 13.7. The Morgan fingerprint density at radius 2 is 2.04 bits per heavy atom. The molecular weight excluding hydrogens is 305 g/mol. The van der Waals surface area contributed by atoms with Crippen molar-refractivity contribution in [1.29, 1.82) is 0 Å². The molecule has 2 atom stereocenters. The molecule has 1 heterocycles. The number of hydrogen-bond donors (Lipinski definition) is 2. The second kappa shape index (κ2) is 8.27. The Morgan fingerprint density at radius 3 is 2.83 bits per heavy atom. The van der Waals surface area contributed by atoms with E-state index in [1.807, 2.05) is 18.2 Å². The molecule has 128 valence electrons. The van der Waals surface area contributed by atoms with Crippen molar-refractivity contribution in [3.63, 3.8) is 0 Å². The van der Waals surface area contributed by atoms with Crippen LogP contribution in [0.3, 0.4) is 0 Å². The van der Waals surface area contributed by atoms with Crippen molar-refractivity contribution in [3.8, 4) is 5.75 Å². The summed E-state index contributed by atoms with van der Waals surface area (Å²) in [6.45, 7) is 0.827. The molecule has 2 aromatic rings. The van der Waals surface area contributed by atoms with Crippen LogP contribution in [0.5, 0.6) is 5.75 Å². The van der Waals surface area contributed by atoms with Gasteiger partial charge in [-0.3, -0.25) is 0 Å². The van der Waals surface area contributed by atoms with E-state index in [0.29, 0.717) is 6.61 Å². The molecule has 3 rings (SSSR count). The highest BCUT2D eigenvalue weighted by molar-refractivity contribution is 5.37. The lowest BCUT2D eigenvalue weighted by molar-refractivity contribution is 0.270. The molecule has 4 heteroatoms. The predicted molar refractivity (Wildman–Crippen MR) is 92.5 cm³/mol. The molecule has 0 saturated heterocycles. The van der Waals surface area contributed by atoms with Gasteiger partial charge in [-0.05, 0) is 49.4 Å². The minimum absolute atomic E-state index is 0.0436. The summed E-state index contributed by atoms with van der Waals surface area (Å²) in [4.78, 5) is 0. The average molecular weight is 329 g/mol. The number of halogens is 1. The fourth-order valence-electron chi connectivity index (χ4n) is 3.29. The monoisotopic (exact) mass is 329 g/mol. The van der Waals surface area contributed by atoms with E-state index in [4.69, 9.17) is 4.74 Å². The van der Waals surface area contributed by atoms with Crippen molar-refractivity contribution < 1.29 is 14.2 Å². The van der Waals surface area contributed by atoms with Crippen molar-refractivity contribution in [2.45, 2.75) is 37.8 Å². The van der Waals surface area contributed by atoms with Gasteiger partial charge in [0.2, 0.25) is 0 Å². The fraction of sp³-hybridized carbons (Fsp3) is 0.400. The summed E-state index contributed by atoms with van der Waals surface area (Å²) < 4.78 is 19.5. The van der Waals surface area contributed by atoms with E-state index in [2.05, 4.69) is 17.4 Å². The molecule has 1 aliphatic heterocycles. The molecule has 3 nitrogen and oxygen atoms in total. The fourth-order valence-corrected chi connectivity index (χ4v) is 3.29. The maximum absolute atomic E-state index is 13.7. The summed E-state index contributed by atoms with van der Waals surface area (Å²) in [6, 6.07) is 15.1. The number of aliphatic hydroxyl groups is 1. The molecule has 2 aromatic carbocycles. The molecule has 2 unspecified atom stereocenters. The molecule has 0 aromatic heterocycles. The molecular formula is C20H24FNO2. The number of benzene rings is 2. The summed E-state index contributed by atoms with van der Waals surface area (Å²) in [5.41, 5.74) is 2.08.